The number of aliphatic hydroxyl groups is 6. The van der Waals surface area contributed by atoms with Crippen molar-refractivity contribution in [2.75, 3.05) is 13.2 Å². The zero-order valence-electron chi connectivity index (χ0n) is 53.8. The van der Waals surface area contributed by atoms with Crippen LogP contribution in [0.5, 0.6) is 0 Å². The number of aliphatic hydroxyl groups excluding tert-OH is 6. The first-order valence-corrected chi connectivity index (χ1v) is 33.8. The highest BCUT2D eigenvalue weighted by Crippen LogP contribution is 2.57. The second-order valence-corrected chi connectivity index (χ2v) is 26.8. The molecule has 2 aliphatic rings. The van der Waals surface area contributed by atoms with Gasteiger partial charge in [0.1, 0.15) is 42.7 Å². The first-order chi connectivity index (χ1) is 40.1. The van der Waals surface area contributed by atoms with Crippen LogP contribution in [0.3, 0.4) is 0 Å². The van der Waals surface area contributed by atoms with Gasteiger partial charge in [-0.1, -0.05) is 128 Å². The van der Waals surface area contributed by atoms with Crippen molar-refractivity contribution in [3.05, 3.63) is 128 Å². The van der Waals surface area contributed by atoms with Crippen molar-refractivity contribution < 1.29 is 77.1 Å². The summed E-state index contributed by atoms with van der Waals surface area (Å²) in [5, 5.41) is 61.6. The van der Waals surface area contributed by atoms with Crippen molar-refractivity contribution in [1.29, 1.82) is 0 Å². The summed E-state index contributed by atoms with van der Waals surface area (Å²) in [6, 6.07) is 0. The van der Waals surface area contributed by atoms with E-state index < -0.39 is 90.3 Å². The van der Waals surface area contributed by atoms with Crippen molar-refractivity contribution >= 4 is 15.6 Å². The van der Waals surface area contributed by atoms with Gasteiger partial charge < -0.3 is 59.2 Å². The van der Waals surface area contributed by atoms with E-state index in [2.05, 4.69) is 139 Å². The summed E-state index contributed by atoms with van der Waals surface area (Å²) in [4.78, 5) is 25.3. The third kappa shape index (κ3) is 34.0. The molecule has 6 N–H and O–H groups in total. The van der Waals surface area contributed by atoms with Crippen molar-refractivity contribution in [2.45, 2.75) is 280 Å². The Labute approximate surface area is 511 Å². The number of phosphoric acid groups is 2. The maximum absolute atomic E-state index is 12.7. The second kappa shape index (κ2) is 42.1. The summed E-state index contributed by atoms with van der Waals surface area (Å²) in [6.07, 6.45) is 28.4. The molecule has 16 nitrogen and oxygen atoms in total. The van der Waals surface area contributed by atoms with Crippen molar-refractivity contribution in [3.8, 4) is 0 Å². The lowest BCUT2D eigenvalue weighted by molar-refractivity contribution is -0.354. The molecule has 2 unspecified atom stereocenters. The number of hydrogen-bond donors (Lipinski definition) is 6. The van der Waals surface area contributed by atoms with E-state index >= 15 is 0 Å². The molecule has 18 heteroatoms. The topological polar surface area (TPSA) is 257 Å². The van der Waals surface area contributed by atoms with Crippen LogP contribution in [0.15, 0.2) is 128 Å². The van der Waals surface area contributed by atoms with Gasteiger partial charge in [-0.2, -0.15) is 0 Å². The lowest BCUT2D eigenvalue weighted by Crippen LogP contribution is -2.64. The van der Waals surface area contributed by atoms with E-state index in [1.807, 2.05) is 6.92 Å². The van der Waals surface area contributed by atoms with E-state index in [1.165, 1.54) is 62.7 Å². The molecular weight excluding hydrogens is 1120 g/mol. The van der Waals surface area contributed by atoms with Gasteiger partial charge in [0, 0.05) is 0 Å². The minimum absolute atomic E-state index is 0.484. The average molecular weight is 1230 g/mol. The largest absolute Gasteiger partial charge is 0.756 e. The van der Waals surface area contributed by atoms with Gasteiger partial charge in [0.15, 0.2) is 12.6 Å². The summed E-state index contributed by atoms with van der Waals surface area (Å²) >= 11 is 0. The lowest BCUT2D eigenvalue weighted by Gasteiger charge is -2.46. The quantitative estimate of drug-likeness (QED) is 0.0246. The Morgan fingerprint density at radius 3 is 1.06 bits per heavy atom. The number of hydrogen-bond acceptors (Lipinski definition) is 16. The fraction of sp³-hybridized carbons (Fsp3) is 0.672. The van der Waals surface area contributed by atoms with Crippen LogP contribution in [0.2, 0.25) is 0 Å². The Kier molecular flexibility index (Phi) is 38.7. The molecule has 2 rings (SSSR count). The predicted octanol–water partition coefficient (Wildman–Crippen LogP) is 13.9. The first-order valence-electron chi connectivity index (χ1n) is 30.9. The average Bonchev–Trinajstić information content (AvgIpc) is 2.45. The fourth-order valence-electron chi connectivity index (χ4n) is 9.64. The smallest absolute Gasteiger partial charge is 0.276 e. The zero-order valence-corrected chi connectivity index (χ0v) is 55.6. The molecule has 0 aromatic heterocycles. The maximum Gasteiger partial charge on any atom is 0.276 e. The minimum Gasteiger partial charge on any atom is -0.756 e. The van der Waals surface area contributed by atoms with Crippen molar-refractivity contribution in [1.82, 2.24) is 0 Å². The van der Waals surface area contributed by atoms with E-state index in [9.17, 15) is 49.6 Å². The highest BCUT2D eigenvalue weighted by molar-refractivity contribution is 7.59. The molecular formula is C67H110O16P2-2. The Morgan fingerprint density at radius 2 is 0.741 bits per heavy atom. The summed E-state index contributed by atoms with van der Waals surface area (Å²) in [5.41, 5.74) is 14.8. The highest BCUT2D eigenvalue weighted by atomic mass is 31.3. The fourth-order valence-corrected chi connectivity index (χ4v) is 11.8. The molecule has 0 radical (unpaired) electrons. The highest BCUT2D eigenvalue weighted by Gasteiger charge is 2.51. The van der Waals surface area contributed by atoms with E-state index in [0.717, 1.165) is 116 Å². The van der Waals surface area contributed by atoms with E-state index in [0.29, 0.717) is 18.4 Å². The maximum atomic E-state index is 12.7. The van der Waals surface area contributed by atoms with Gasteiger partial charge in [0.25, 0.3) is 15.6 Å². The summed E-state index contributed by atoms with van der Waals surface area (Å²) in [7, 11) is -11.5. The monoisotopic (exact) mass is 1230 g/mol. The van der Waals surface area contributed by atoms with Crippen LogP contribution in [0, 0.1) is 0 Å². The number of ether oxygens (including phenoxy) is 3. The molecule has 2 aliphatic heterocycles. The number of rotatable bonds is 40. The number of phosphoric ester groups is 2. The Balaban J connectivity index is 1.64. The third-order valence-electron chi connectivity index (χ3n) is 15.6. The minimum atomic E-state index is -5.88. The van der Waals surface area contributed by atoms with Gasteiger partial charge >= 0.3 is 0 Å². The summed E-state index contributed by atoms with van der Waals surface area (Å²) < 4.78 is 54.9. The first kappa shape index (κ1) is 78.1. The van der Waals surface area contributed by atoms with E-state index in [1.54, 1.807) is 13.0 Å². The van der Waals surface area contributed by atoms with Crippen LogP contribution in [-0.4, -0.2) is 105 Å². The molecule has 0 spiro atoms. The van der Waals surface area contributed by atoms with E-state index in [4.69, 9.17) is 18.7 Å². The molecule has 12 atom stereocenters. The molecule has 2 fully saturated rings. The molecule has 0 bridgehead atoms. The Morgan fingerprint density at radius 1 is 0.424 bits per heavy atom. The van der Waals surface area contributed by atoms with Gasteiger partial charge in [-0.05, 0) is 218 Å². The zero-order chi connectivity index (χ0) is 63.7. The van der Waals surface area contributed by atoms with Gasteiger partial charge in [-0.25, -0.2) is 4.31 Å². The molecule has 0 amide bonds. The molecule has 0 aromatic rings. The van der Waals surface area contributed by atoms with Crippen LogP contribution in [-0.2, 0) is 36.7 Å². The van der Waals surface area contributed by atoms with Crippen molar-refractivity contribution in [3.63, 3.8) is 0 Å². The molecule has 2 heterocycles. The molecule has 0 aromatic carbocycles. The van der Waals surface area contributed by atoms with E-state index in [-0.39, 0.29) is 0 Å². The van der Waals surface area contributed by atoms with Gasteiger partial charge in [-0.3, -0.25) is 13.7 Å². The molecule has 85 heavy (non-hydrogen) atoms. The van der Waals surface area contributed by atoms with Crippen LogP contribution in [0.25, 0.3) is 0 Å². The van der Waals surface area contributed by atoms with Gasteiger partial charge in [-0.15, -0.1) is 0 Å². The molecule has 0 aliphatic carbocycles. The van der Waals surface area contributed by atoms with Crippen LogP contribution in [0.1, 0.15) is 218 Å². The van der Waals surface area contributed by atoms with Gasteiger partial charge in [0.2, 0.25) is 0 Å². The predicted molar refractivity (Wildman–Crippen MR) is 338 cm³/mol. The van der Waals surface area contributed by atoms with Crippen LogP contribution >= 0.6 is 15.6 Å². The Hall–Kier alpha value is -2.96. The molecule has 0 saturated carbocycles. The third-order valence-corrected chi connectivity index (χ3v) is 18.1. The normalized spacial score (nSPS) is 26.7. The summed E-state index contributed by atoms with van der Waals surface area (Å²) in [6.45, 7) is 25.8. The van der Waals surface area contributed by atoms with Gasteiger partial charge in [0.05, 0.1) is 19.3 Å². The Bertz CT molecular complexity index is 2440. The molecule has 2 saturated heterocycles. The summed E-state index contributed by atoms with van der Waals surface area (Å²) in [5.74, 6) is 0. The van der Waals surface area contributed by atoms with Crippen LogP contribution < -0.4 is 9.79 Å². The van der Waals surface area contributed by atoms with Crippen LogP contribution in [0.4, 0.5) is 0 Å². The van der Waals surface area contributed by atoms with Crippen molar-refractivity contribution in [2.24, 2.45) is 0 Å². The second-order valence-electron chi connectivity index (χ2n) is 23.9. The lowest BCUT2D eigenvalue weighted by atomic mass is 9.97. The number of allylic oxidation sites excluding steroid dienone is 21. The standard InChI is InChI=1S/C67H112O16P2/c1-14-47(2)25-15-26-48(3)27-16-28-49(4)29-17-30-50(5)31-18-32-51(6)33-19-34-52(7)35-20-36-53(8)37-21-38-54(9)39-22-40-55(10)41-23-42-56(11)43-24-44-57(12)46-78-84(74,75)83-85(76,77)82-67-64(73)65(61(70)59(45-68)80-67)81-66-63(72)62(71)60(69)58(13)79-66/h14,26,28,30,32,34,36,38,40,42,44,58-73H,15-25,27,29,31,33,35,37,39,41,43,45-46H2,1-13H3,(H,74,75)(H,76,77)/p-2/b47-14-,48-26-,49-28-,50-30-,51-32-,52-34-,53-36-,54-38-,55-40+,56-42+,57-44+/t58-,59+,60+,61+,62+,63-,64+,65-,66-,67+/m0/s1. The SMILES string of the molecule is C/C=C(/C)CC/C=C(/C)CC/C=C(/C)CC/C=C(/C)CC/C=C(/C)CC/C=C(/C)CC/C=C(/C)CC/C=C(/C)CC/C=C(\C)CC/C=C(\C)CC/C=C(\C)COP(=O)([O-])OP(=O)([O-])O[C@H]1O[C@H](CO)[C@@H](O)[C@H](O[C@@H]2O[C@@H](C)[C@@H](O)[C@@H](O)[C@@H]2O)[C@H]1O. The molecule has 486 valence electrons.